The Balaban J connectivity index is 1.40. The number of rotatable bonds is 4. The lowest BCUT2D eigenvalue weighted by atomic mass is 10.0. The summed E-state index contributed by atoms with van der Waals surface area (Å²) in [7, 11) is 0. The molecule has 5 rings (SSSR count). The summed E-state index contributed by atoms with van der Waals surface area (Å²) in [5.41, 5.74) is 1.87. The van der Waals surface area contributed by atoms with Crippen LogP contribution in [0.3, 0.4) is 0 Å². The van der Waals surface area contributed by atoms with Crippen LogP contribution < -0.4 is 15.4 Å². The molecule has 0 spiro atoms. The normalized spacial score (nSPS) is 16.7. The average Bonchev–Trinajstić information content (AvgIpc) is 3.64. The molecule has 1 aliphatic rings. The molecule has 0 radical (unpaired) electrons. The van der Waals surface area contributed by atoms with Crippen LogP contribution in [0.2, 0.25) is 0 Å². The second-order valence-electron chi connectivity index (χ2n) is 11.2. The Hall–Kier alpha value is -5.00. The number of hydrogen-bond acceptors (Lipinski definition) is 7. The SMILES string of the molecule is Cc1c(C(=O)N2CCCOc3cccc(c3)-c3nccn3CCNC(=O)[C@@H](CC(C)C)NC(=O)C2)cnn1-c1ccccn1. The van der Waals surface area contributed by atoms with Crippen molar-refractivity contribution < 1.29 is 19.1 Å². The molecule has 44 heavy (non-hydrogen) atoms. The molecule has 3 amide bonds. The number of nitrogens with one attached hydrogen (secondary N) is 2. The Labute approximate surface area is 256 Å². The van der Waals surface area contributed by atoms with Crippen LogP contribution in [0.1, 0.15) is 42.7 Å². The number of fused-ring (bicyclic) bond motifs is 4. The molecule has 2 N–H and O–H groups in total. The molecule has 230 valence electrons. The number of aromatic nitrogens is 5. The molecular formula is C32H38N8O4. The molecule has 1 atom stereocenters. The Bertz CT molecular complexity index is 1600. The molecule has 3 aromatic heterocycles. The summed E-state index contributed by atoms with van der Waals surface area (Å²) >= 11 is 0. The van der Waals surface area contributed by atoms with E-state index >= 15 is 0 Å². The number of carbonyl (C=O) groups is 3. The lowest BCUT2D eigenvalue weighted by Gasteiger charge is -2.25. The number of amides is 3. The third kappa shape index (κ3) is 7.31. The summed E-state index contributed by atoms with van der Waals surface area (Å²) < 4.78 is 9.62. The first-order chi connectivity index (χ1) is 21.3. The van der Waals surface area contributed by atoms with Crippen molar-refractivity contribution in [3.8, 4) is 23.0 Å². The highest BCUT2D eigenvalue weighted by atomic mass is 16.5. The van der Waals surface area contributed by atoms with E-state index in [0.717, 1.165) is 11.4 Å². The van der Waals surface area contributed by atoms with E-state index in [-0.39, 0.29) is 30.8 Å². The van der Waals surface area contributed by atoms with Gasteiger partial charge in [0.1, 0.15) is 17.6 Å². The molecule has 0 unspecified atom stereocenters. The zero-order valence-corrected chi connectivity index (χ0v) is 25.3. The van der Waals surface area contributed by atoms with Crippen molar-refractivity contribution in [3.63, 3.8) is 0 Å². The van der Waals surface area contributed by atoms with E-state index in [0.29, 0.717) is 55.4 Å². The van der Waals surface area contributed by atoms with E-state index in [1.807, 2.05) is 54.9 Å². The summed E-state index contributed by atoms with van der Waals surface area (Å²) in [4.78, 5) is 50.8. The predicted octanol–water partition coefficient (Wildman–Crippen LogP) is 3.01. The van der Waals surface area contributed by atoms with E-state index in [4.69, 9.17) is 4.74 Å². The average molecular weight is 599 g/mol. The van der Waals surface area contributed by atoms with Crippen LogP contribution in [0.25, 0.3) is 17.2 Å². The monoisotopic (exact) mass is 598 g/mol. The van der Waals surface area contributed by atoms with Crippen LogP contribution in [0, 0.1) is 12.8 Å². The van der Waals surface area contributed by atoms with Crippen molar-refractivity contribution in [2.45, 2.75) is 46.2 Å². The molecule has 0 saturated heterocycles. The first-order valence-electron chi connectivity index (χ1n) is 14.9. The van der Waals surface area contributed by atoms with Gasteiger partial charge in [-0.25, -0.2) is 14.6 Å². The smallest absolute Gasteiger partial charge is 0.257 e. The van der Waals surface area contributed by atoms with Crippen molar-refractivity contribution in [2.75, 3.05) is 26.2 Å². The third-order valence-electron chi connectivity index (χ3n) is 7.39. The second kappa shape index (κ2) is 14.0. The van der Waals surface area contributed by atoms with Gasteiger partial charge in [0.05, 0.1) is 30.6 Å². The van der Waals surface area contributed by atoms with Crippen LogP contribution in [-0.2, 0) is 16.1 Å². The number of benzene rings is 1. The van der Waals surface area contributed by atoms with E-state index < -0.39 is 11.9 Å². The van der Waals surface area contributed by atoms with Crippen molar-refractivity contribution in [2.24, 2.45) is 5.92 Å². The minimum atomic E-state index is -0.741. The van der Waals surface area contributed by atoms with Crippen LogP contribution in [0.15, 0.2) is 67.3 Å². The zero-order chi connectivity index (χ0) is 31.1. The first kappa shape index (κ1) is 30.5. The fourth-order valence-electron chi connectivity index (χ4n) is 5.21. The van der Waals surface area contributed by atoms with E-state index in [9.17, 15) is 14.4 Å². The fraction of sp³-hybridized carbons (Fsp3) is 0.375. The van der Waals surface area contributed by atoms with Crippen LogP contribution >= 0.6 is 0 Å². The predicted molar refractivity (Wildman–Crippen MR) is 164 cm³/mol. The quantitative estimate of drug-likeness (QED) is 0.369. The van der Waals surface area contributed by atoms with Gasteiger partial charge in [-0.15, -0.1) is 0 Å². The molecule has 12 nitrogen and oxygen atoms in total. The number of nitrogens with zero attached hydrogens (tertiary/aromatic N) is 6. The summed E-state index contributed by atoms with van der Waals surface area (Å²) in [6.07, 6.45) is 7.68. The van der Waals surface area contributed by atoms with Gasteiger partial charge < -0.3 is 24.8 Å². The Morgan fingerprint density at radius 2 is 1.95 bits per heavy atom. The molecule has 1 aliphatic heterocycles. The number of pyridine rings is 1. The van der Waals surface area contributed by atoms with Crippen molar-refractivity contribution in [1.29, 1.82) is 0 Å². The van der Waals surface area contributed by atoms with Gasteiger partial charge in [0, 0.05) is 43.8 Å². The molecule has 12 heteroatoms. The topological polar surface area (TPSA) is 136 Å². The van der Waals surface area contributed by atoms with Gasteiger partial charge in [-0.3, -0.25) is 14.4 Å². The lowest BCUT2D eigenvalue weighted by molar-refractivity contribution is -0.129. The molecule has 0 fully saturated rings. The van der Waals surface area contributed by atoms with Gasteiger partial charge in [-0.1, -0.05) is 32.0 Å². The third-order valence-corrected chi connectivity index (χ3v) is 7.39. The summed E-state index contributed by atoms with van der Waals surface area (Å²) in [6, 6.07) is 12.4. The van der Waals surface area contributed by atoms with Gasteiger partial charge in [0.15, 0.2) is 5.82 Å². The molecule has 2 bridgehead atoms. The standard InChI is InChI=1S/C32H38N8O4/c1-22(2)18-27-31(42)35-13-16-38-15-12-34-30(38)24-8-6-9-25(19-24)44-17-7-14-39(21-29(41)37-27)32(43)26-20-36-40(23(26)3)28-10-4-5-11-33-28/h4-6,8-12,15,19-20,22,27H,7,13-14,16-18,21H2,1-3H3,(H,35,42)(H,37,41)/t27-/m1/s1. The lowest BCUT2D eigenvalue weighted by Crippen LogP contribution is -2.51. The maximum absolute atomic E-state index is 13.8. The van der Waals surface area contributed by atoms with E-state index in [1.54, 1.807) is 36.1 Å². The largest absolute Gasteiger partial charge is 0.494 e. The van der Waals surface area contributed by atoms with Gasteiger partial charge in [-0.2, -0.15) is 5.10 Å². The zero-order valence-electron chi connectivity index (χ0n) is 25.3. The molecule has 4 aromatic rings. The highest BCUT2D eigenvalue weighted by Crippen LogP contribution is 2.23. The number of imidazole rings is 1. The molecule has 0 saturated carbocycles. The van der Waals surface area contributed by atoms with Gasteiger partial charge in [0.2, 0.25) is 11.8 Å². The first-order valence-corrected chi connectivity index (χ1v) is 14.9. The molecule has 1 aromatic carbocycles. The Kier molecular flexibility index (Phi) is 9.68. The minimum absolute atomic E-state index is 0.159. The van der Waals surface area contributed by atoms with Gasteiger partial charge in [-0.05, 0) is 49.9 Å². The van der Waals surface area contributed by atoms with Crippen molar-refractivity contribution in [1.82, 2.24) is 39.8 Å². The second-order valence-corrected chi connectivity index (χ2v) is 11.2. The van der Waals surface area contributed by atoms with Crippen LogP contribution in [0.5, 0.6) is 5.75 Å². The van der Waals surface area contributed by atoms with Gasteiger partial charge in [0.25, 0.3) is 5.91 Å². The molecule has 0 aliphatic carbocycles. The van der Waals surface area contributed by atoms with Crippen molar-refractivity contribution >= 4 is 17.7 Å². The maximum Gasteiger partial charge on any atom is 0.257 e. The highest BCUT2D eigenvalue weighted by molar-refractivity contribution is 5.98. The molecular weight excluding hydrogens is 560 g/mol. The van der Waals surface area contributed by atoms with E-state index in [2.05, 4.69) is 25.7 Å². The number of carbonyl (C=O) groups excluding carboxylic acids is 3. The summed E-state index contributed by atoms with van der Waals surface area (Å²) in [5, 5.41) is 10.2. The highest BCUT2D eigenvalue weighted by Gasteiger charge is 2.27. The Morgan fingerprint density at radius 3 is 2.75 bits per heavy atom. The summed E-state index contributed by atoms with van der Waals surface area (Å²) in [6.45, 7) is 7.00. The minimum Gasteiger partial charge on any atom is -0.494 e. The van der Waals surface area contributed by atoms with Gasteiger partial charge >= 0.3 is 0 Å². The van der Waals surface area contributed by atoms with Crippen molar-refractivity contribution in [3.05, 3.63) is 78.5 Å². The number of ether oxygens (including phenoxy) is 1. The van der Waals surface area contributed by atoms with E-state index in [1.165, 1.54) is 11.1 Å². The number of hydrogen-bond donors (Lipinski definition) is 2. The maximum atomic E-state index is 13.8. The van der Waals surface area contributed by atoms with Crippen LogP contribution in [0.4, 0.5) is 0 Å². The fourth-order valence-corrected chi connectivity index (χ4v) is 5.21. The Morgan fingerprint density at radius 1 is 1.09 bits per heavy atom. The van der Waals surface area contributed by atoms with Crippen LogP contribution in [-0.4, -0.2) is 79.2 Å². The summed E-state index contributed by atoms with van der Waals surface area (Å²) in [5.74, 6) is 1.15. The molecule has 4 heterocycles.